The van der Waals surface area contributed by atoms with E-state index in [1.165, 1.54) is 22.7 Å². The first-order valence-corrected chi connectivity index (χ1v) is 20.4. The fourth-order valence-corrected chi connectivity index (χ4v) is 8.70. The van der Waals surface area contributed by atoms with Crippen molar-refractivity contribution in [2.24, 2.45) is 5.92 Å². The number of rotatable bonds is 12. The monoisotopic (exact) mass is 773 g/mol. The number of fused-ring (bicyclic) bond motifs is 1. The van der Waals surface area contributed by atoms with E-state index >= 15 is 0 Å². The van der Waals surface area contributed by atoms with Crippen molar-refractivity contribution in [3.8, 4) is 11.8 Å². The molecule has 5 heterocycles. The van der Waals surface area contributed by atoms with Crippen molar-refractivity contribution < 1.29 is 23.5 Å². The highest BCUT2D eigenvalue weighted by atomic mass is 32.2. The van der Waals surface area contributed by atoms with Gasteiger partial charge in [0, 0.05) is 42.5 Å². The predicted octanol–water partition coefficient (Wildman–Crippen LogP) is 7.27. The lowest BCUT2D eigenvalue weighted by atomic mass is 9.89. The zero-order valence-electron chi connectivity index (χ0n) is 30.3. The fraction of sp³-hybridized carbons (Fsp3) is 0.447. The lowest BCUT2D eigenvalue weighted by Crippen LogP contribution is -2.43. The van der Waals surface area contributed by atoms with Gasteiger partial charge in [-0.25, -0.2) is 15.0 Å². The summed E-state index contributed by atoms with van der Waals surface area (Å²) in [6.07, 6.45) is 10.1. The number of piperidine rings is 1. The standard InChI is InChI=1S/C38H43N7O5S3/c1-5-6-29-28-8-7-27(17-25(28)11-15-45(29)36(48)26(19-39)18-32-40-12-16-51-32)49-22-33(46)44-13-9-24(10-14-44)35(47)43-37-42-21-34(53-37)52-23-31-41-20-30(50-31)38(2,3)4/h7-8,12,16-18,20-21,24,29H,5-6,9-11,13-15,22-23H2,1-4H3,(H,42,43,47)/b26-18+. The molecule has 1 atom stereocenters. The second kappa shape index (κ2) is 17.1. The number of nitrogens with zero attached hydrogens (tertiary/aromatic N) is 6. The number of nitrogens with one attached hydrogen (secondary N) is 1. The van der Waals surface area contributed by atoms with Crippen molar-refractivity contribution in [1.82, 2.24) is 24.8 Å². The number of amides is 3. The highest BCUT2D eigenvalue weighted by molar-refractivity contribution is 8.00. The summed E-state index contributed by atoms with van der Waals surface area (Å²) in [4.78, 5) is 56.1. The molecule has 278 valence electrons. The molecule has 4 aromatic rings. The van der Waals surface area contributed by atoms with Gasteiger partial charge in [-0.3, -0.25) is 14.4 Å². The zero-order chi connectivity index (χ0) is 37.5. The maximum atomic E-state index is 13.5. The molecule has 12 nitrogen and oxygen atoms in total. The lowest BCUT2D eigenvalue weighted by molar-refractivity contribution is -0.136. The maximum Gasteiger partial charge on any atom is 0.265 e. The van der Waals surface area contributed by atoms with Crippen LogP contribution in [0.25, 0.3) is 6.08 Å². The largest absolute Gasteiger partial charge is 0.484 e. The molecule has 0 aliphatic carbocycles. The van der Waals surface area contributed by atoms with Gasteiger partial charge in [-0.05, 0) is 55.0 Å². The van der Waals surface area contributed by atoms with E-state index in [1.807, 2.05) is 23.6 Å². The Hall–Kier alpha value is -4.52. The molecule has 6 rings (SSSR count). The van der Waals surface area contributed by atoms with E-state index in [4.69, 9.17) is 9.15 Å². The summed E-state index contributed by atoms with van der Waals surface area (Å²) in [7, 11) is 0. The highest BCUT2D eigenvalue weighted by Crippen LogP contribution is 2.37. The van der Waals surface area contributed by atoms with Gasteiger partial charge in [0.1, 0.15) is 28.2 Å². The first-order valence-electron chi connectivity index (χ1n) is 17.7. The van der Waals surface area contributed by atoms with Crippen LogP contribution in [-0.2, 0) is 32.0 Å². The Kier molecular flexibility index (Phi) is 12.3. The summed E-state index contributed by atoms with van der Waals surface area (Å²) >= 11 is 4.36. The van der Waals surface area contributed by atoms with Crippen LogP contribution in [0.15, 0.2) is 56.4 Å². The van der Waals surface area contributed by atoms with Gasteiger partial charge in [-0.2, -0.15) is 5.26 Å². The van der Waals surface area contributed by atoms with Crippen LogP contribution in [0.5, 0.6) is 5.75 Å². The van der Waals surface area contributed by atoms with Gasteiger partial charge in [-0.1, -0.05) is 51.5 Å². The lowest BCUT2D eigenvalue weighted by Gasteiger charge is -2.37. The number of nitriles is 1. The van der Waals surface area contributed by atoms with Crippen molar-refractivity contribution in [2.45, 2.75) is 81.2 Å². The molecule has 1 saturated heterocycles. The molecule has 3 amide bonds. The number of benzene rings is 1. The Morgan fingerprint density at radius 3 is 2.66 bits per heavy atom. The molecular weight excluding hydrogens is 731 g/mol. The number of aromatic nitrogens is 3. The van der Waals surface area contributed by atoms with Crippen LogP contribution in [0.4, 0.5) is 5.13 Å². The van der Waals surface area contributed by atoms with E-state index in [2.05, 4.69) is 54.0 Å². The molecule has 15 heteroatoms. The van der Waals surface area contributed by atoms with E-state index < -0.39 is 0 Å². The highest BCUT2D eigenvalue weighted by Gasteiger charge is 2.33. The third-order valence-electron chi connectivity index (χ3n) is 9.29. The van der Waals surface area contributed by atoms with Gasteiger partial charge >= 0.3 is 0 Å². The Balaban J connectivity index is 0.962. The van der Waals surface area contributed by atoms with Crippen LogP contribution in [0.2, 0.25) is 0 Å². The quantitative estimate of drug-likeness (QED) is 0.0884. The molecule has 2 aliphatic rings. The minimum absolute atomic E-state index is 0.0747. The Labute approximate surface area is 321 Å². The van der Waals surface area contributed by atoms with E-state index in [1.54, 1.807) is 46.2 Å². The molecule has 0 saturated carbocycles. The maximum absolute atomic E-state index is 13.5. The smallest absolute Gasteiger partial charge is 0.265 e. The summed E-state index contributed by atoms with van der Waals surface area (Å²) in [6.45, 7) is 9.64. The van der Waals surface area contributed by atoms with Crippen LogP contribution >= 0.6 is 34.4 Å². The van der Waals surface area contributed by atoms with Gasteiger partial charge in [0.15, 0.2) is 11.7 Å². The molecule has 3 aromatic heterocycles. The number of anilines is 1. The van der Waals surface area contributed by atoms with E-state index in [-0.39, 0.29) is 47.3 Å². The van der Waals surface area contributed by atoms with Crippen molar-refractivity contribution >= 4 is 63.4 Å². The third kappa shape index (κ3) is 9.54. The third-order valence-corrected chi connectivity index (χ3v) is 12.1. The summed E-state index contributed by atoms with van der Waals surface area (Å²) in [6, 6.07) is 7.68. The summed E-state index contributed by atoms with van der Waals surface area (Å²) in [5, 5.41) is 15.7. The zero-order valence-corrected chi connectivity index (χ0v) is 32.7. The average Bonchev–Trinajstić information content (AvgIpc) is 3.95. The second-order valence-corrected chi connectivity index (χ2v) is 17.3. The van der Waals surface area contributed by atoms with Crippen LogP contribution < -0.4 is 10.1 Å². The van der Waals surface area contributed by atoms with Crippen molar-refractivity contribution in [3.63, 3.8) is 0 Å². The normalized spacial score (nSPS) is 16.6. The number of likely N-dealkylation sites (tertiary alicyclic amines) is 1. The molecule has 1 N–H and O–H groups in total. The molecule has 1 aromatic carbocycles. The number of thioether (sulfide) groups is 1. The number of oxazole rings is 1. The first kappa shape index (κ1) is 38.2. The Morgan fingerprint density at radius 2 is 1.96 bits per heavy atom. The number of thiazole rings is 2. The molecule has 1 unspecified atom stereocenters. The number of carbonyl (C=O) groups excluding carboxylic acids is 3. The van der Waals surface area contributed by atoms with Gasteiger partial charge in [0.2, 0.25) is 11.8 Å². The fourth-order valence-electron chi connectivity index (χ4n) is 6.41. The predicted molar refractivity (Wildman–Crippen MR) is 206 cm³/mol. The van der Waals surface area contributed by atoms with Crippen LogP contribution in [0, 0.1) is 17.2 Å². The molecule has 0 radical (unpaired) electrons. The van der Waals surface area contributed by atoms with E-state index in [9.17, 15) is 19.6 Å². The van der Waals surface area contributed by atoms with Crippen molar-refractivity contribution in [2.75, 3.05) is 31.6 Å². The number of hydrogen-bond acceptors (Lipinski definition) is 12. The minimum atomic E-state index is -0.292. The molecule has 0 bridgehead atoms. The molecule has 53 heavy (non-hydrogen) atoms. The molecule has 1 fully saturated rings. The SMILES string of the molecule is CCCC1c2ccc(OCC(=O)N3CCC(C(=O)Nc4ncc(SCc5ncc(C(C)(C)C)o5)s4)CC3)cc2CCN1C(=O)/C(C#N)=C/c1nccs1. The van der Waals surface area contributed by atoms with Crippen LogP contribution in [0.3, 0.4) is 0 Å². The number of hydrogen-bond donors (Lipinski definition) is 1. The summed E-state index contributed by atoms with van der Waals surface area (Å²) < 4.78 is 12.8. The summed E-state index contributed by atoms with van der Waals surface area (Å²) in [5.74, 6) is 1.96. The van der Waals surface area contributed by atoms with Gasteiger partial charge in [-0.15, -0.1) is 23.1 Å². The van der Waals surface area contributed by atoms with Gasteiger partial charge < -0.3 is 24.3 Å². The second-order valence-electron chi connectivity index (χ2n) is 14.0. The average molecular weight is 774 g/mol. The Bertz CT molecular complexity index is 1980. The van der Waals surface area contributed by atoms with E-state index in [0.29, 0.717) is 66.4 Å². The molecular formula is C38H43N7O5S3. The van der Waals surface area contributed by atoms with Crippen LogP contribution in [0.1, 0.15) is 87.2 Å². The topological polar surface area (TPSA) is 155 Å². The van der Waals surface area contributed by atoms with Gasteiger partial charge in [0.25, 0.3) is 11.8 Å². The minimum Gasteiger partial charge on any atom is -0.484 e. The number of ether oxygens (including phenoxy) is 1. The first-order chi connectivity index (χ1) is 25.5. The molecule has 2 aliphatic heterocycles. The van der Waals surface area contributed by atoms with E-state index in [0.717, 1.165) is 33.9 Å². The summed E-state index contributed by atoms with van der Waals surface area (Å²) in [5.41, 5.74) is 2.08. The molecule has 0 spiro atoms. The Morgan fingerprint density at radius 1 is 1.15 bits per heavy atom. The van der Waals surface area contributed by atoms with Crippen molar-refractivity contribution in [1.29, 1.82) is 5.26 Å². The number of carbonyl (C=O) groups is 3. The van der Waals surface area contributed by atoms with Crippen molar-refractivity contribution in [3.05, 3.63) is 75.5 Å². The van der Waals surface area contributed by atoms with Gasteiger partial charge in [0.05, 0.1) is 28.4 Å². The van der Waals surface area contributed by atoms with Crippen LogP contribution in [-0.4, -0.2) is 68.7 Å².